The minimum absolute atomic E-state index is 0.0138. The average Bonchev–Trinajstić information content (AvgIpc) is 2.96. The molecule has 0 aliphatic heterocycles. The van der Waals surface area contributed by atoms with Crippen molar-refractivity contribution in [3.05, 3.63) is 31.5 Å². The molecular formula is C10H6BrFN10O2. The zero-order valence-electron chi connectivity index (χ0n) is 11.4. The highest BCUT2D eigenvalue weighted by atomic mass is 79.9. The Morgan fingerprint density at radius 3 is 1.96 bits per heavy atom. The number of nitrogens with one attached hydrogen (secondary N) is 2. The topological polar surface area (TPSA) is 179 Å². The van der Waals surface area contributed by atoms with Gasteiger partial charge in [0.15, 0.2) is 27.1 Å². The first-order chi connectivity index (χ1) is 11.4. The van der Waals surface area contributed by atoms with Crippen LogP contribution in [0.1, 0.15) is 0 Å². The van der Waals surface area contributed by atoms with Crippen LogP contribution in [0.3, 0.4) is 0 Å². The number of nitrogens with two attached hydrogens (primary N) is 2. The number of aromatic nitrogens is 8. The Hall–Kier alpha value is -3.29. The Bertz CT molecular complexity index is 1150. The van der Waals surface area contributed by atoms with E-state index in [9.17, 15) is 14.0 Å². The molecule has 4 aromatic rings. The van der Waals surface area contributed by atoms with Gasteiger partial charge in [-0.1, -0.05) is 0 Å². The summed E-state index contributed by atoms with van der Waals surface area (Å²) in [5, 5.41) is 0. The molecule has 0 amide bonds. The molecule has 0 aliphatic rings. The molecule has 0 bridgehead atoms. The highest BCUT2D eigenvalue weighted by Gasteiger charge is 2.23. The monoisotopic (exact) mass is 396 g/mol. The number of H-pyrrole nitrogens is 2. The van der Waals surface area contributed by atoms with Crippen LogP contribution in [0.25, 0.3) is 22.3 Å². The van der Waals surface area contributed by atoms with Gasteiger partial charge in [0.05, 0.1) is 0 Å². The molecule has 0 aliphatic carbocycles. The maximum Gasteiger partial charge on any atom is 0.311 e. The molecule has 4 rings (SSSR count). The normalized spacial score (nSPS) is 11.6. The van der Waals surface area contributed by atoms with Gasteiger partial charge in [-0.25, -0.2) is 4.98 Å². The van der Waals surface area contributed by atoms with Crippen LogP contribution in [0, 0.1) is 6.08 Å². The van der Waals surface area contributed by atoms with Crippen molar-refractivity contribution >= 4 is 50.2 Å². The molecule has 4 heterocycles. The van der Waals surface area contributed by atoms with Gasteiger partial charge in [0.1, 0.15) is 0 Å². The Labute approximate surface area is 137 Å². The van der Waals surface area contributed by atoms with E-state index in [1.54, 1.807) is 0 Å². The highest BCUT2D eigenvalue weighted by Crippen LogP contribution is 2.20. The summed E-state index contributed by atoms with van der Waals surface area (Å²) < 4.78 is 16.3. The van der Waals surface area contributed by atoms with E-state index in [1.165, 1.54) is 0 Å². The maximum atomic E-state index is 14.4. The molecule has 122 valence electrons. The van der Waals surface area contributed by atoms with Crippen LogP contribution in [-0.4, -0.2) is 39.3 Å². The number of nitrogen functional groups attached to an aromatic ring is 2. The number of nitrogens with zero attached hydrogens (tertiary/aromatic N) is 6. The lowest BCUT2D eigenvalue weighted by Crippen LogP contribution is -2.18. The lowest BCUT2D eigenvalue weighted by molar-refractivity contribution is 0.455. The number of hydrogen-bond donors (Lipinski definition) is 4. The van der Waals surface area contributed by atoms with Crippen LogP contribution in [-0.2, 0) is 0 Å². The molecule has 0 atom stereocenters. The zero-order valence-corrected chi connectivity index (χ0v) is 13.0. The molecule has 0 unspecified atom stereocenters. The Balaban J connectivity index is 2.22. The van der Waals surface area contributed by atoms with Crippen molar-refractivity contribution in [2.24, 2.45) is 0 Å². The summed E-state index contributed by atoms with van der Waals surface area (Å²) >= 11 is 3.10. The second-order valence-corrected chi connectivity index (χ2v) is 5.34. The van der Waals surface area contributed by atoms with Gasteiger partial charge >= 0.3 is 6.08 Å². The summed E-state index contributed by atoms with van der Waals surface area (Å²) in [6, 6.07) is 0. The van der Waals surface area contributed by atoms with E-state index < -0.39 is 17.2 Å². The fraction of sp³-hybridized carbons (Fsp3) is 0. The fourth-order valence-electron chi connectivity index (χ4n) is 2.25. The molecule has 0 aromatic carbocycles. The largest absolute Gasteiger partial charge is 0.369 e. The standard InChI is InChI=1S/C10H6BrFN10O2/c11-7-15-1-3(17-9(13)19-5(1)23)21(7)22-4-2(16-8(22)12)6(24)20-10(14)18-4/h(H3,13,17,19,23)(H3,14,18,20,24). The summed E-state index contributed by atoms with van der Waals surface area (Å²) in [4.78, 5) is 43.5. The Morgan fingerprint density at radius 2 is 1.38 bits per heavy atom. The number of fused-ring (bicyclic) bond motifs is 2. The third-order valence-electron chi connectivity index (χ3n) is 3.15. The van der Waals surface area contributed by atoms with Crippen molar-refractivity contribution in [1.82, 2.24) is 39.3 Å². The summed E-state index contributed by atoms with van der Waals surface area (Å²) in [6.07, 6.45) is -1.09. The summed E-state index contributed by atoms with van der Waals surface area (Å²) in [5.41, 5.74) is 9.04. The van der Waals surface area contributed by atoms with Gasteiger partial charge in [0.25, 0.3) is 11.1 Å². The predicted octanol–water partition coefficient (Wildman–Crippen LogP) is -1.07. The van der Waals surface area contributed by atoms with Gasteiger partial charge in [0.2, 0.25) is 11.9 Å². The fourth-order valence-corrected chi connectivity index (χ4v) is 2.75. The van der Waals surface area contributed by atoms with Crippen molar-refractivity contribution < 1.29 is 4.39 Å². The van der Waals surface area contributed by atoms with Crippen LogP contribution in [0.15, 0.2) is 14.3 Å². The SMILES string of the molecule is Nc1nc2c(nc(F)n2-n2c(Br)nc3c(=O)[nH]c(N)nc32)c(=O)[nH]1. The molecule has 0 radical (unpaired) electrons. The molecule has 6 N–H and O–H groups in total. The summed E-state index contributed by atoms with van der Waals surface area (Å²) in [6.45, 7) is 0. The zero-order chi connectivity index (χ0) is 17.2. The quantitative estimate of drug-likeness (QED) is 0.293. The third kappa shape index (κ3) is 1.82. The molecule has 0 fully saturated rings. The van der Waals surface area contributed by atoms with Crippen molar-refractivity contribution in [2.75, 3.05) is 11.5 Å². The van der Waals surface area contributed by atoms with Crippen LogP contribution < -0.4 is 22.6 Å². The van der Waals surface area contributed by atoms with Crippen LogP contribution in [0.4, 0.5) is 16.3 Å². The number of hydrogen-bond acceptors (Lipinski definition) is 8. The first-order valence-corrected chi connectivity index (χ1v) is 7.04. The van der Waals surface area contributed by atoms with Gasteiger partial charge in [-0.15, -0.1) is 0 Å². The van der Waals surface area contributed by atoms with Gasteiger partial charge in [-0.2, -0.15) is 28.7 Å². The second-order valence-electron chi connectivity index (χ2n) is 4.63. The number of rotatable bonds is 1. The van der Waals surface area contributed by atoms with Crippen LogP contribution in [0.5, 0.6) is 0 Å². The predicted molar refractivity (Wildman–Crippen MR) is 83.6 cm³/mol. The average molecular weight is 397 g/mol. The van der Waals surface area contributed by atoms with E-state index in [4.69, 9.17) is 11.5 Å². The van der Waals surface area contributed by atoms with E-state index in [1.807, 2.05) is 0 Å². The number of imidazole rings is 2. The second kappa shape index (κ2) is 4.60. The lowest BCUT2D eigenvalue weighted by atomic mass is 10.5. The van der Waals surface area contributed by atoms with Crippen molar-refractivity contribution in [3.63, 3.8) is 0 Å². The highest BCUT2D eigenvalue weighted by molar-refractivity contribution is 9.10. The first kappa shape index (κ1) is 14.3. The molecule has 0 saturated heterocycles. The number of anilines is 2. The van der Waals surface area contributed by atoms with Gasteiger partial charge in [0, 0.05) is 0 Å². The molecule has 24 heavy (non-hydrogen) atoms. The first-order valence-electron chi connectivity index (χ1n) is 6.25. The maximum absolute atomic E-state index is 14.4. The van der Waals surface area contributed by atoms with Gasteiger partial charge in [-0.05, 0) is 15.9 Å². The molecular weight excluding hydrogens is 391 g/mol. The van der Waals surface area contributed by atoms with E-state index in [-0.39, 0.29) is 39.0 Å². The molecule has 12 nitrogen and oxygen atoms in total. The number of halogens is 2. The van der Waals surface area contributed by atoms with E-state index >= 15 is 0 Å². The van der Waals surface area contributed by atoms with Gasteiger partial charge < -0.3 is 11.5 Å². The van der Waals surface area contributed by atoms with Crippen LogP contribution >= 0.6 is 15.9 Å². The van der Waals surface area contributed by atoms with E-state index in [0.717, 1.165) is 9.35 Å². The number of aromatic amines is 2. The molecule has 4 aromatic heterocycles. The smallest absolute Gasteiger partial charge is 0.311 e. The van der Waals surface area contributed by atoms with Gasteiger partial charge in [-0.3, -0.25) is 19.6 Å². The molecule has 0 saturated carbocycles. The Morgan fingerprint density at radius 1 is 0.875 bits per heavy atom. The van der Waals surface area contributed by atoms with Crippen molar-refractivity contribution in [1.29, 1.82) is 0 Å². The van der Waals surface area contributed by atoms with E-state index in [0.29, 0.717) is 0 Å². The molecule has 0 spiro atoms. The minimum atomic E-state index is -1.09. The third-order valence-corrected chi connectivity index (χ3v) is 3.66. The van der Waals surface area contributed by atoms with E-state index in [2.05, 4.69) is 45.8 Å². The lowest BCUT2D eigenvalue weighted by Gasteiger charge is -2.07. The molecule has 14 heteroatoms. The van der Waals surface area contributed by atoms with Crippen molar-refractivity contribution in [3.8, 4) is 0 Å². The Kier molecular flexibility index (Phi) is 2.75. The summed E-state index contributed by atoms with van der Waals surface area (Å²) in [5.74, 6) is -0.434. The minimum Gasteiger partial charge on any atom is -0.369 e. The summed E-state index contributed by atoms with van der Waals surface area (Å²) in [7, 11) is 0. The van der Waals surface area contributed by atoms with Crippen LogP contribution in [0.2, 0.25) is 0 Å². The van der Waals surface area contributed by atoms with Crippen molar-refractivity contribution in [2.45, 2.75) is 0 Å².